The van der Waals surface area contributed by atoms with Gasteiger partial charge < -0.3 is 0 Å². The van der Waals surface area contributed by atoms with Gasteiger partial charge in [0.15, 0.2) is 11.4 Å². The van der Waals surface area contributed by atoms with Gasteiger partial charge in [0.25, 0.3) is 0 Å². The molecule has 0 fully saturated rings. The maximum Gasteiger partial charge on any atom is 0.351 e. The van der Waals surface area contributed by atoms with E-state index in [1.807, 2.05) is 24.3 Å². The first-order valence-corrected chi connectivity index (χ1v) is 8.47. The zero-order valence-corrected chi connectivity index (χ0v) is 14.9. The molecule has 0 atom stereocenters. The van der Waals surface area contributed by atoms with Crippen molar-refractivity contribution in [3.8, 4) is 0 Å². The smallest absolute Gasteiger partial charge is 0.292 e. The minimum atomic E-state index is -0.375. The van der Waals surface area contributed by atoms with E-state index in [1.165, 1.54) is 9.08 Å². The number of benzene rings is 2. The number of nitrogens with zero attached hydrogens (tertiary/aromatic N) is 4. The molecule has 4 aromatic rings. The van der Waals surface area contributed by atoms with E-state index >= 15 is 0 Å². The molecule has 2 heterocycles. The molecule has 0 amide bonds. The second kappa shape index (κ2) is 5.93. The fourth-order valence-corrected chi connectivity index (χ4v) is 3.13. The van der Waals surface area contributed by atoms with Crippen molar-refractivity contribution in [3.05, 3.63) is 74.9 Å². The van der Waals surface area contributed by atoms with Crippen LogP contribution in [0.3, 0.4) is 0 Å². The van der Waals surface area contributed by atoms with E-state index in [-0.39, 0.29) is 18.0 Å². The summed E-state index contributed by atoms with van der Waals surface area (Å²) in [5.41, 5.74) is 1.34. The summed E-state index contributed by atoms with van der Waals surface area (Å²) in [7, 11) is 0. The Morgan fingerprint density at radius 1 is 1.12 bits per heavy atom. The van der Waals surface area contributed by atoms with E-state index in [0.717, 1.165) is 9.86 Å². The van der Waals surface area contributed by atoms with Gasteiger partial charge in [0.2, 0.25) is 0 Å². The van der Waals surface area contributed by atoms with Crippen molar-refractivity contribution in [1.82, 2.24) is 19.2 Å². The summed E-state index contributed by atoms with van der Waals surface area (Å²) in [4.78, 5) is 29.8. The molecule has 0 aliphatic carbocycles. The topological polar surface area (TPSA) is 69.3 Å². The lowest BCUT2D eigenvalue weighted by atomic mass is 10.1. The van der Waals surface area contributed by atoms with E-state index < -0.39 is 0 Å². The van der Waals surface area contributed by atoms with Crippen molar-refractivity contribution >= 4 is 38.3 Å². The van der Waals surface area contributed by atoms with Crippen LogP contribution in [0.25, 0.3) is 16.6 Å². The second-order valence-electron chi connectivity index (χ2n) is 5.71. The number of carbonyl (C=O) groups excluding carboxylic acids is 1. The number of carbonyl (C=O) groups is 1. The molecule has 6 nitrogen and oxygen atoms in total. The van der Waals surface area contributed by atoms with Gasteiger partial charge >= 0.3 is 5.69 Å². The van der Waals surface area contributed by atoms with Gasteiger partial charge in [0.05, 0.1) is 12.1 Å². The number of aromatic nitrogens is 4. The van der Waals surface area contributed by atoms with Crippen LogP contribution in [0.5, 0.6) is 0 Å². The predicted octanol–water partition coefficient (Wildman–Crippen LogP) is 3.00. The fourth-order valence-electron chi connectivity index (χ4n) is 2.86. The fraction of sp³-hybridized carbons (Fsp3) is 0.111. The molecular weight excluding hydrogens is 384 g/mol. The second-order valence-corrected chi connectivity index (χ2v) is 6.63. The van der Waals surface area contributed by atoms with Crippen LogP contribution >= 0.6 is 15.9 Å². The SMILES string of the molecule is Cc1nc2c3ccccc3n(CC(=O)c3ccc(Br)cc3)c(=O)n2n1. The van der Waals surface area contributed by atoms with Gasteiger partial charge in [0.1, 0.15) is 5.82 Å². The zero-order valence-electron chi connectivity index (χ0n) is 13.3. The monoisotopic (exact) mass is 396 g/mol. The molecule has 2 aromatic heterocycles. The third-order valence-corrected chi connectivity index (χ3v) is 4.56. The molecule has 0 spiro atoms. The average molecular weight is 397 g/mol. The van der Waals surface area contributed by atoms with E-state index in [1.54, 1.807) is 31.2 Å². The summed E-state index contributed by atoms with van der Waals surface area (Å²) in [6, 6.07) is 14.5. The van der Waals surface area contributed by atoms with E-state index in [2.05, 4.69) is 26.0 Å². The third kappa shape index (κ3) is 2.66. The molecule has 0 saturated carbocycles. The molecule has 0 unspecified atom stereocenters. The number of halogens is 1. The van der Waals surface area contributed by atoms with Gasteiger partial charge in [-0.15, -0.1) is 5.10 Å². The molecule has 0 bridgehead atoms. The maximum atomic E-state index is 12.8. The van der Waals surface area contributed by atoms with Crippen molar-refractivity contribution in [1.29, 1.82) is 0 Å². The van der Waals surface area contributed by atoms with Crippen LogP contribution in [0, 0.1) is 6.92 Å². The van der Waals surface area contributed by atoms with Crippen molar-refractivity contribution < 1.29 is 4.79 Å². The number of fused-ring (bicyclic) bond motifs is 3. The van der Waals surface area contributed by atoms with Gasteiger partial charge in [0, 0.05) is 15.4 Å². The highest BCUT2D eigenvalue weighted by Gasteiger charge is 2.16. The number of rotatable bonds is 3. The largest absolute Gasteiger partial charge is 0.351 e. The Balaban J connectivity index is 1.91. The van der Waals surface area contributed by atoms with Gasteiger partial charge in [-0.05, 0) is 31.2 Å². The van der Waals surface area contributed by atoms with Crippen molar-refractivity contribution in [2.45, 2.75) is 13.5 Å². The number of aryl methyl sites for hydroxylation is 1. The Bertz CT molecular complexity index is 1180. The van der Waals surface area contributed by atoms with E-state index in [4.69, 9.17) is 0 Å². The summed E-state index contributed by atoms with van der Waals surface area (Å²) in [5.74, 6) is 0.371. The van der Waals surface area contributed by atoms with Crippen LogP contribution in [0.4, 0.5) is 0 Å². The third-order valence-electron chi connectivity index (χ3n) is 4.03. The summed E-state index contributed by atoms with van der Waals surface area (Å²) < 4.78 is 3.60. The maximum absolute atomic E-state index is 12.8. The molecule has 0 radical (unpaired) electrons. The van der Waals surface area contributed by atoms with Gasteiger partial charge in [-0.2, -0.15) is 4.52 Å². The highest BCUT2D eigenvalue weighted by atomic mass is 79.9. The molecule has 25 heavy (non-hydrogen) atoms. The average Bonchev–Trinajstić information content (AvgIpc) is 3.01. The van der Waals surface area contributed by atoms with Gasteiger partial charge in [-0.3, -0.25) is 9.36 Å². The Hall–Kier alpha value is -2.80. The molecule has 7 heteroatoms. The van der Waals surface area contributed by atoms with E-state index in [9.17, 15) is 9.59 Å². The first-order chi connectivity index (χ1) is 12.0. The predicted molar refractivity (Wildman–Crippen MR) is 98.0 cm³/mol. The number of Topliss-reactive ketones (excluding diaryl/α,β-unsaturated/α-hetero) is 1. The van der Waals surface area contributed by atoms with E-state index in [0.29, 0.717) is 22.6 Å². The van der Waals surface area contributed by atoms with Gasteiger partial charge in [-0.1, -0.05) is 40.2 Å². The Morgan fingerprint density at radius 3 is 2.60 bits per heavy atom. The van der Waals surface area contributed by atoms with Crippen LogP contribution in [0.2, 0.25) is 0 Å². The normalized spacial score (nSPS) is 11.3. The highest BCUT2D eigenvalue weighted by molar-refractivity contribution is 9.10. The van der Waals surface area contributed by atoms with Crippen LogP contribution in [-0.4, -0.2) is 24.9 Å². The first-order valence-electron chi connectivity index (χ1n) is 7.68. The lowest BCUT2D eigenvalue weighted by Gasteiger charge is -2.10. The number of hydrogen-bond acceptors (Lipinski definition) is 4. The molecular formula is C18H13BrN4O2. The molecule has 124 valence electrons. The molecule has 0 aliphatic heterocycles. The Morgan fingerprint density at radius 2 is 1.84 bits per heavy atom. The lowest BCUT2D eigenvalue weighted by Crippen LogP contribution is -2.30. The number of hydrogen-bond donors (Lipinski definition) is 0. The van der Waals surface area contributed by atoms with Crippen molar-refractivity contribution in [2.75, 3.05) is 0 Å². The first kappa shape index (κ1) is 15.7. The summed E-state index contributed by atoms with van der Waals surface area (Å²) in [5, 5.41) is 4.95. The molecule has 2 aromatic carbocycles. The molecule has 0 aliphatic rings. The quantitative estimate of drug-likeness (QED) is 0.499. The van der Waals surface area contributed by atoms with Crippen LogP contribution < -0.4 is 5.69 Å². The summed E-state index contributed by atoms with van der Waals surface area (Å²) in [6.07, 6.45) is 0. The molecule has 4 rings (SSSR count). The summed E-state index contributed by atoms with van der Waals surface area (Å²) >= 11 is 3.35. The highest BCUT2D eigenvalue weighted by Crippen LogP contribution is 2.18. The minimum Gasteiger partial charge on any atom is -0.292 e. The Labute approximate surface area is 150 Å². The minimum absolute atomic E-state index is 0.0597. The van der Waals surface area contributed by atoms with Crippen molar-refractivity contribution in [3.63, 3.8) is 0 Å². The van der Waals surface area contributed by atoms with Crippen LogP contribution in [-0.2, 0) is 6.54 Å². The van der Waals surface area contributed by atoms with Crippen LogP contribution in [0.1, 0.15) is 16.2 Å². The molecule has 0 saturated heterocycles. The summed E-state index contributed by atoms with van der Waals surface area (Å²) in [6.45, 7) is 1.67. The zero-order chi connectivity index (χ0) is 17.6. The van der Waals surface area contributed by atoms with Crippen molar-refractivity contribution in [2.24, 2.45) is 0 Å². The lowest BCUT2D eigenvalue weighted by molar-refractivity contribution is 0.0971. The number of ketones is 1. The standard InChI is InChI=1S/C18H13BrN4O2/c1-11-20-17-14-4-2-3-5-15(14)22(18(25)23(17)21-11)10-16(24)12-6-8-13(19)9-7-12/h2-9H,10H2,1H3. The van der Waals surface area contributed by atoms with Crippen LogP contribution in [0.15, 0.2) is 57.8 Å². The Kier molecular flexibility index (Phi) is 3.73. The number of para-hydroxylation sites is 1. The molecule has 0 N–H and O–H groups in total. The van der Waals surface area contributed by atoms with Gasteiger partial charge in [-0.25, -0.2) is 9.78 Å².